The first-order chi connectivity index (χ1) is 8.63. The number of primary amides is 1. The number of hydrogen-bond acceptors (Lipinski definition) is 4. The lowest BCUT2D eigenvalue weighted by atomic mass is 10.2. The van der Waals surface area contributed by atoms with Gasteiger partial charge < -0.3 is 10.8 Å². The number of nitrogens with zero attached hydrogens (tertiary/aromatic N) is 3. The predicted molar refractivity (Wildman–Crippen MR) is 65.1 cm³/mol. The number of benzene rings is 1. The fourth-order valence-corrected chi connectivity index (χ4v) is 1.81. The number of para-hydroxylation sites is 1. The lowest BCUT2D eigenvalue weighted by molar-refractivity contribution is 0.0994. The molecule has 0 spiro atoms. The molecule has 0 atom stereocenters. The van der Waals surface area contributed by atoms with Gasteiger partial charge in [-0.2, -0.15) is 0 Å². The van der Waals surface area contributed by atoms with Crippen molar-refractivity contribution in [3.05, 3.63) is 41.2 Å². The fraction of sp³-hybridized carbons (Fsp3) is 0.250. The first-order valence-corrected chi connectivity index (χ1v) is 5.62. The monoisotopic (exact) mass is 246 g/mol. The summed E-state index contributed by atoms with van der Waals surface area (Å²) in [4.78, 5) is 11.2. The number of carbonyl (C=O) groups is 1. The quantitative estimate of drug-likeness (QED) is 0.830. The summed E-state index contributed by atoms with van der Waals surface area (Å²) in [5, 5.41) is 17.4. The summed E-state index contributed by atoms with van der Waals surface area (Å²) >= 11 is 0. The Morgan fingerprint density at radius 2 is 2.17 bits per heavy atom. The maximum absolute atomic E-state index is 11.2. The molecule has 0 aliphatic rings. The highest BCUT2D eigenvalue weighted by Crippen LogP contribution is 2.18. The molecule has 0 fully saturated rings. The third-order valence-corrected chi connectivity index (χ3v) is 2.72. The van der Waals surface area contributed by atoms with Crippen molar-refractivity contribution in [2.75, 3.05) is 0 Å². The largest absolute Gasteiger partial charge is 0.508 e. The molecule has 6 nitrogen and oxygen atoms in total. The van der Waals surface area contributed by atoms with Crippen LogP contribution >= 0.6 is 0 Å². The number of phenols is 1. The van der Waals surface area contributed by atoms with Crippen LogP contribution in [0.4, 0.5) is 0 Å². The summed E-state index contributed by atoms with van der Waals surface area (Å²) in [7, 11) is 0. The molecule has 2 rings (SSSR count). The summed E-state index contributed by atoms with van der Waals surface area (Å²) in [6, 6.07) is 6.97. The molecule has 18 heavy (non-hydrogen) atoms. The molecule has 1 aromatic carbocycles. The minimum atomic E-state index is -0.588. The summed E-state index contributed by atoms with van der Waals surface area (Å²) in [6.45, 7) is 2.25. The van der Waals surface area contributed by atoms with Gasteiger partial charge in [0.15, 0.2) is 5.69 Å². The Labute approximate surface area is 104 Å². The highest BCUT2D eigenvalue weighted by molar-refractivity contribution is 5.91. The average Bonchev–Trinajstić information content (AvgIpc) is 2.75. The first-order valence-electron chi connectivity index (χ1n) is 5.62. The second kappa shape index (κ2) is 4.87. The Morgan fingerprint density at radius 3 is 2.78 bits per heavy atom. The molecule has 0 saturated heterocycles. The number of amides is 1. The molecule has 0 bridgehead atoms. The minimum absolute atomic E-state index is 0.188. The Hall–Kier alpha value is -2.37. The molecule has 0 unspecified atom stereocenters. The average molecular weight is 246 g/mol. The topological polar surface area (TPSA) is 94.0 Å². The van der Waals surface area contributed by atoms with Crippen molar-refractivity contribution in [2.45, 2.75) is 19.9 Å². The zero-order valence-corrected chi connectivity index (χ0v) is 10.00. The van der Waals surface area contributed by atoms with Crippen LogP contribution in [-0.4, -0.2) is 26.0 Å². The van der Waals surface area contributed by atoms with Crippen LogP contribution < -0.4 is 5.73 Å². The van der Waals surface area contributed by atoms with Crippen molar-refractivity contribution in [3.8, 4) is 5.75 Å². The number of rotatable bonds is 4. The number of carbonyl (C=O) groups excluding carboxylic acids is 1. The Morgan fingerprint density at radius 1 is 1.44 bits per heavy atom. The number of aromatic nitrogens is 3. The lowest BCUT2D eigenvalue weighted by Gasteiger charge is -2.07. The Kier molecular flexibility index (Phi) is 3.27. The van der Waals surface area contributed by atoms with Gasteiger partial charge in [0.2, 0.25) is 0 Å². The van der Waals surface area contributed by atoms with E-state index >= 15 is 0 Å². The molecular formula is C12H14N4O2. The molecule has 6 heteroatoms. The third kappa shape index (κ3) is 2.17. The van der Waals surface area contributed by atoms with Crippen LogP contribution in [0.2, 0.25) is 0 Å². The number of hydrogen-bond donors (Lipinski definition) is 2. The molecule has 3 N–H and O–H groups in total. The van der Waals surface area contributed by atoms with E-state index in [1.165, 1.54) is 0 Å². The summed E-state index contributed by atoms with van der Waals surface area (Å²) in [5.74, 6) is -0.397. The second-order valence-electron chi connectivity index (χ2n) is 3.89. The molecule has 0 radical (unpaired) electrons. The van der Waals surface area contributed by atoms with E-state index in [-0.39, 0.29) is 11.4 Å². The maximum atomic E-state index is 11.2. The fourth-order valence-electron chi connectivity index (χ4n) is 1.81. The Bertz CT molecular complexity index is 577. The van der Waals surface area contributed by atoms with E-state index in [0.717, 1.165) is 0 Å². The van der Waals surface area contributed by atoms with Crippen LogP contribution in [0.3, 0.4) is 0 Å². The first kappa shape index (κ1) is 12.1. The standard InChI is InChI=1S/C12H14N4O2/c1-2-9-11(12(13)18)14-15-16(9)7-8-5-3-4-6-10(8)17/h3-6,17H,2,7H2,1H3,(H2,13,18). The van der Waals surface area contributed by atoms with E-state index in [9.17, 15) is 9.90 Å². The number of phenolic OH excluding ortho intramolecular Hbond substituents is 1. The van der Waals surface area contributed by atoms with Crippen LogP contribution in [0.5, 0.6) is 5.75 Å². The van der Waals surface area contributed by atoms with E-state index in [2.05, 4.69) is 10.3 Å². The molecule has 0 aliphatic carbocycles. The predicted octanol–water partition coefficient (Wildman–Crippen LogP) is 0.693. The van der Waals surface area contributed by atoms with Crippen LogP contribution in [0.25, 0.3) is 0 Å². The molecule has 1 amide bonds. The van der Waals surface area contributed by atoms with Gasteiger partial charge in [0.1, 0.15) is 5.75 Å². The Balaban J connectivity index is 2.35. The molecule has 0 aliphatic heterocycles. The van der Waals surface area contributed by atoms with E-state index < -0.39 is 5.91 Å². The van der Waals surface area contributed by atoms with Crippen molar-refractivity contribution in [1.82, 2.24) is 15.0 Å². The van der Waals surface area contributed by atoms with Gasteiger partial charge in [0.25, 0.3) is 5.91 Å². The maximum Gasteiger partial charge on any atom is 0.271 e. The van der Waals surface area contributed by atoms with E-state index in [0.29, 0.717) is 24.2 Å². The molecule has 0 saturated carbocycles. The highest BCUT2D eigenvalue weighted by Gasteiger charge is 2.16. The van der Waals surface area contributed by atoms with E-state index in [1.807, 2.05) is 13.0 Å². The van der Waals surface area contributed by atoms with Gasteiger partial charge in [0, 0.05) is 5.56 Å². The van der Waals surface area contributed by atoms with Gasteiger partial charge >= 0.3 is 0 Å². The van der Waals surface area contributed by atoms with E-state index in [4.69, 9.17) is 5.73 Å². The molecule has 1 heterocycles. The van der Waals surface area contributed by atoms with Crippen LogP contribution in [0.1, 0.15) is 28.7 Å². The van der Waals surface area contributed by atoms with Crippen LogP contribution in [0, 0.1) is 0 Å². The zero-order chi connectivity index (χ0) is 13.1. The smallest absolute Gasteiger partial charge is 0.271 e. The molecule has 2 aromatic rings. The van der Waals surface area contributed by atoms with Crippen LogP contribution in [-0.2, 0) is 13.0 Å². The van der Waals surface area contributed by atoms with Crippen LogP contribution in [0.15, 0.2) is 24.3 Å². The van der Waals surface area contributed by atoms with Gasteiger partial charge in [-0.25, -0.2) is 4.68 Å². The van der Waals surface area contributed by atoms with Gasteiger partial charge in [-0.15, -0.1) is 5.10 Å². The minimum Gasteiger partial charge on any atom is -0.508 e. The highest BCUT2D eigenvalue weighted by atomic mass is 16.3. The van der Waals surface area contributed by atoms with Gasteiger partial charge in [0.05, 0.1) is 12.2 Å². The van der Waals surface area contributed by atoms with E-state index in [1.54, 1.807) is 22.9 Å². The van der Waals surface area contributed by atoms with Crippen molar-refractivity contribution < 1.29 is 9.90 Å². The summed E-state index contributed by atoms with van der Waals surface area (Å²) < 4.78 is 1.58. The van der Waals surface area contributed by atoms with Gasteiger partial charge in [-0.1, -0.05) is 30.3 Å². The number of aromatic hydroxyl groups is 1. The third-order valence-electron chi connectivity index (χ3n) is 2.72. The SMILES string of the molecule is CCc1c(C(N)=O)nnn1Cc1ccccc1O. The molecule has 1 aromatic heterocycles. The second-order valence-corrected chi connectivity index (χ2v) is 3.89. The number of nitrogens with two attached hydrogens (primary N) is 1. The summed E-state index contributed by atoms with van der Waals surface area (Å²) in [5.41, 5.74) is 6.80. The lowest BCUT2D eigenvalue weighted by Crippen LogP contribution is -2.15. The van der Waals surface area contributed by atoms with Crippen molar-refractivity contribution in [2.24, 2.45) is 5.73 Å². The molecular weight excluding hydrogens is 232 g/mol. The van der Waals surface area contributed by atoms with Gasteiger partial charge in [-0.3, -0.25) is 4.79 Å². The van der Waals surface area contributed by atoms with Crippen molar-refractivity contribution >= 4 is 5.91 Å². The zero-order valence-electron chi connectivity index (χ0n) is 10.00. The van der Waals surface area contributed by atoms with Gasteiger partial charge in [-0.05, 0) is 12.5 Å². The van der Waals surface area contributed by atoms with Crippen molar-refractivity contribution in [3.63, 3.8) is 0 Å². The summed E-state index contributed by atoms with van der Waals surface area (Å²) in [6.07, 6.45) is 0.596. The normalized spacial score (nSPS) is 10.5. The molecule has 94 valence electrons. The van der Waals surface area contributed by atoms with Crippen molar-refractivity contribution in [1.29, 1.82) is 0 Å².